The zero-order valence-electron chi connectivity index (χ0n) is 11.2. The lowest BCUT2D eigenvalue weighted by Crippen LogP contribution is -2.27. The van der Waals surface area contributed by atoms with E-state index < -0.39 is 36.3 Å². The lowest BCUT2D eigenvalue weighted by Gasteiger charge is -2.18. The Balaban J connectivity index is 2.86. The highest BCUT2D eigenvalue weighted by atomic mass is 19.3. The number of hydrogen-bond donors (Lipinski definition) is 2. The van der Waals surface area contributed by atoms with Gasteiger partial charge in [-0.1, -0.05) is 0 Å². The SMILES string of the molecule is CC(C)(C)OC(=O)Nc1cc(C(=O)O)n(CC(F)F)n1. The molecule has 20 heavy (non-hydrogen) atoms. The Morgan fingerprint density at radius 2 is 2.10 bits per heavy atom. The van der Waals surface area contributed by atoms with Crippen LogP contribution < -0.4 is 5.32 Å². The summed E-state index contributed by atoms with van der Waals surface area (Å²) in [5.74, 6) is -1.59. The molecule has 1 aromatic heterocycles. The Bertz CT molecular complexity index is 508. The number of nitrogens with one attached hydrogen (secondary N) is 1. The molecule has 0 aliphatic rings. The highest BCUT2D eigenvalue weighted by Gasteiger charge is 2.21. The summed E-state index contributed by atoms with van der Waals surface area (Å²) in [4.78, 5) is 22.3. The average molecular weight is 291 g/mol. The number of carbonyl (C=O) groups is 2. The Hall–Kier alpha value is -2.19. The van der Waals surface area contributed by atoms with E-state index in [2.05, 4.69) is 10.4 Å². The van der Waals surface area contributed by atoms with Crippen LogP contribution in [-0.2, 0) is 11.3 Å². The van der Waals surface area contributed by atoms with Crippen molar-refractivity contribution >= 4 is 17.9 Å². The monoisotopic (exact) mass is 291 g/mol. The van der Waals surface area contributed by atoms with Crippen LogP contribution in [0.2, 0.25) is 0 Å². The first-order valence-corrected chi connectivity index (χ1v) is 5.68. The van der Waals surface area contributed by atoms with E-state index in [9.17, 15) is 18.4 Å². The summed E-state index contributed by atoms with van der Waals surface area (Å²) in [6.07, 6.45) is -3.61. The van der Waals surface area contributed by atoms with Gasteiger partial charge in [0.2, 0.25) is 0 Å². The van der Waals surface area contributed by atoms with Crippen LogP contribution in [0.5, 0.6) is 0 Å². The van der Waals surface area contributed by atoms with Crippen LogP contribution >= 0.6 is 0 Å². The number of rotatable bonds is 4. The fourth-order valence-electron chi connectivity index (χ4n) is 1.33. The molecule has 0 unspecified atom stereocenters. The summed E-state index contributed by atoms with van der Waals surface area (Å²) in [6.45, 7) is 4.05. The van der Waals surface area contributed by atoms with Crippen molar-refractivity contribution in [3.8, 4) is 0 Å². The molecule has 2 N–H and O–H groups in total. The van der Waals surface area contributed by atoms with Gasteiger partial charge in [-0.2, -0.15) is 5.10 Å². The van der Waals surface area contributed by atoms with Gasteiger partial charge in [-0.3, -0.25) is 10.00 Å². The number of aromatic carboxylic acids is 1. The second-order valence-corrected chi connectivity index (χ2v) is 4.92. The summed E-state index contributed by atoms with van der Waals surface area (Å²) in [6, 6.07) is 0.981. The first-order chi connectivity index (χ1) is 9.08. The summed E-state index contributed by atoms with van der Waals surface area (Å²) >= 11 is 0. The number of ether oxygens (including phenoxy) is 1. The van der Waals surface area contributed by atoms with Gasteiger partial charge in [0.1, 0.15) is 17.8 Å². The zero-order chi connectivity index (χ0) is 15.5. The summed E-state index contributed by atoms with van der Waals surface area (Å²) in [5.41, 5.74) is -1.19. The highest BCUT2D eigenvalue weighted by molar-refractivity contribution is 5.89. The van der Waals surface area contributed by atoms with Gasteiger partial charge in [0.25, 0.3) is 6.43 Å². The Kier molecular flexibility index (Phi) is 4.64. The lowest BCUT2D eigenvalue weighted by molar-refractivity contribution is 0.0632. The number of hydrogen-bond acceptors (Lipinski definition) is 4. The van der Waals surface area contributed by atoms with Crippen molar-refractivity contribution in [2.45, 2.75) is 39.3 Å². The molecule has 0 saturated carbocycles. The van der Waals surface area contributed by atoms with Gasteiger partial charge in [-0.15, -0.1) is 0 Å². The van der Waals surface area contributed by atoms with Crippen LogP contribution in [0.4, 0.5) is 19.4 Å². The molecule has 0 radical (unpaired) electrons. The van der Waals surface area contributed by atoms with Crippen molar-refractivity contribution in [3.05, 3.63) is 11.8 Å². The molecule has 0 saturated heterocycles. The van der Waals surface area contributed by atoms with Gasteiger partial charge in [0, 0.05) is 6.07 Å². The fraction of sp³-hybridized carbons (Fsp3) is 0.545. The lowest BCUT2D eigenvalue weighted by atomic mass is 10.2. The van der Waals surface area contributed by atoms with Gasteiger partial charge >= 0.3 is 12.1 Å². The molecule has 1 heterocycles. The molecule has 1 amide bonds. The first-order valence-electron chi connectivity index (χ1n) is 5.68. The predicted molar refractivity (Wildman–Crippen MR) is 65.0 cm³/mol. The third-order valence-corrected chi connectivity index (χ3v) is 1.94. The van der Waals surface area contributed by atoms with E-state index in [1.165, 1.54) is 0 Å². The number of halogens is 2. The van der Waals surface area contributed by atoms with E-state index in [-0.39, 0.29) is 5.82 Å². The third-order valence-electron chi connectivity index (χ3n) is 1.94. The summed E-state index contributed by atoms with van der Waals surface area (Å²) in [7, 11) is 0. The number of carboxylic acid groups (broad SMARTS) is 1. The predicted octanol–water partition coefficient (Wildman–Crippen LogP) is 2.19. The maximum absolute atomic E-state index is 12.3. The second-order valence-electron chi connectivity index (χ2n) is 4.92. The van der Waals surface area contributed by atoms with E-state index in [4.69, 9.17) is 9.84 Å². The Morgan fingerprint density at radius 3 is 2.55 bits per heavy atom. The molecular formula is C11H15F2N3O4. The minimum Gasteiger partial charge on any atom is -0.477 e. The zero-order valence-corrected chi connectivity index (χ0v) is 11.2. The van der Waals surface area contributed by atoms with Crippen molar-refractivity contribution in [2.24, 2.45) is 0 Å². The number of anilines is 1. The van der Waals surface area contributed by atoms with E-state index in [1.807, 2.05) is 0 Å². The van der Waals surface area contributed by atoms with Crippen LogP contribution in [0.3, 0.4) is 0 Å². The van der Waals surface area contributed by atoms with Crippen LogP contribution in [0, 0.1) is 0 Å². The molecule has 1 rings (SSSR count). The number of aromatic nitrogens is 2. The van der Waals surface area contributed by atoms with E-state index in [0.29, 0.717) is 4.68 Å². The van der Waals surface area contributed by atoms with E-state index in [0.717, 1.165) is 6.07 Å². The van der Waals surface area contributed by atoms with Crippen LogP contribution in [0.1, 0.15) is 31.3 Å². The normalized spacial score (nSPS) is 11.5. The smallest absolute Gasteiger partial charge is 0.413 e. The Labute approximate surface area is 113 Å². The molecule has 0 aromatic carbocycles. The molecule has 7 nitrogen and oxygen atoms in total. The maximum Gasteiger partial charge on any atom is 0.413 e. The van der Waals surface area contributed by atoms with Crippen molar-refractivity contribution < 1.29 is 28.2 Å². The maximum atomic E-state index is 12.3. The van der Waals surface area contributed by atoms with Gasteiger partial charge < -0.3 is 9.84 Å². The largest absolute Gasteiger partial charge is 0.477 e. The first kappa shape index (κ1) is 15.9. The molecule has 0 aliphatic carbocycles. The summed E-state index contributed by atoms with van der Waals surface area (Å²) in [5, 5.41) is 14.6. The molecule has 0 aliphatic heterocycles. The quantitative estimate of drug-likeness (QED) is 0.887. The molecule has 1 aromatic rings. The molecule has 9 heteroatoms. The summed E-state index contributed by atoms with van der Waals surface area (Å²) < 4.78 is 30.1. The highest BCUT2D eigenvalue weighted by Crippen LogP contribution is 2.14. The number of alkyl halides is 2. The Morgan fingerprint density at radius 1 is 1.50 bits per heavy atom. The van der Waals surface area contributed by atoms with Gasteiger partial charge in [-0.25, -0.2) is 18.4 Å². The molecule has 112 valence electrons. The van der Waals surface area contributed by atoms with Crippen LogP contribution in [-0.4, -0.2) is 39.0 Å². The number of amides is 1. The van der Waals surface area contributed by atoms with Gasteiger partial charge in [0.05, 0.1) is 0 Å². The second kappa shape index (κ2) is 5.85. The van der Waals surface area contributed by atoms with Crippen molar-refractivity contribution in [1.29, 1.82) is 0 Å². The standard InChI is InChI=1S/C11H15F2N3O4/c1-11(2,3)20-10(19)14-8-4-6(9(17)18)16(15-8)5-7(12)13/h4,7H,5H2,1-3H3,(H,17,18)(H,14,15,19). The van der Waals surface area contributed by atoms with Crippen LogP contribution in [0.25, 0.3) is 0 Å². The minimum absolute atomic E-state index is 0.169. The fourth-order valence-corrected chi connectivity index (χ4v) is 1.33. The van der Waals surface area contributed by atoms with Gasteiger partial charge in [-0.05, 0) is 20.8 Å². The topological polar surface area (TPSA) is 93.5 Å². The number of carbonyl (C=O) groups excluding carboxylic acids is 1. The van der Waals surface area contributed by atoms with Crippen molar-refractivity contribution in [1.82, 2.24) is 9.78 Å². The average Bonchev–Trinajstić information content (AvgIpc) is 2.56. The van der Waals surface area contributed by atoms with E-state index >= 15 is 0 Å². The molecule has 0 spiro atoms. The number of carboxylic acids is 1. The van der Waals surface area contributed by atoms with E-state index in [1.54, 1.807) is 20.8 Å². The molecule has 0 atom stereocenters. The van der Waals surface area contributed by atoms with Gasteiger partial charge in [0.15, 0.2) is 5.82 Å². The molecule has 0 fully saturated rings. The number of nitrogens with zero attached hydrogens (tertiary/aromatic N) is 2. The van der Waals surface area contributed by atoms with Crippen molar-refractivity contribution in [3.63, 3.8) is 0 Å². The van der Waals surface area contributed by atoms with Crippen molar-refractivity contribution in [2.75, 3.05) is 5.32 Å². The minimum atomic E-state index is -2.76. The van der Waals surface area contributed by atoms with Crippen LogP contribution in [0.15, 0.2) is 6.07 Å². The third kappa shape index (κ3) is 4.82. The molecule has 0 bridgehead atoms. The molecular weight excluding hydrogens is 276 g/mol.